The molecule has 0 saturated heterocycles. The van der Waals surface area contributed by atoms with Crippen LogP contribution in [0.4, 0.5) is 16.4 Å². The number of aromatic nitrogens is 3. The lowest BCUT2D eigenvalue weighted by Crippen LogP contribution is -2.20. The lowest BCUT2D eigenvalue weighted by Gasteiger charge is -2.04. The molecular weight excluding hydrogens is 298 g/mol. The summed E-state index contributed by atoms with van der Waals surface area (Å²) < 4.78 is 1.68. The van der Waals surface area contributed by atoms with Crippen LogP contribution < -0.4 is 10.6 Å². The lowest BCUT2D eigenvalue weighted by molar-refractivity contribution is 0.262. The fourth-order valence-corrected chi connectivity index (χ4v) is 2.57. The first-order valence-electron chi connectivity index (χ1n) is 5.76. The molecule has 0 fully saturated rings. The summed E-state index contributed by atoms with van der Waals surface area (Å²) in [5.41, 5.74) is 1.62. The van der Waals surface area contributed by atoms with Gasteiger partial charge in [0.25, 0.3) is 5.95 Å². The second-order valence-electron chi connectivity index (χ2n) is 4.09. The van der Waals surface area contributed by atoms with Gasteiger partial charge in [0.2, 0.25) is 4.96 Å². The Kier molecular flexibility index (Phi) is 3.29. The third-order valence-electron chi connectivity index (χ3n) is 2.57. The van der Waals surface area contributed by atoms with E-state index in [1.165, 1.54) is 11.3 Å². The van der Waals surface area contributed by atoms with Crippen LogP contribution in [0, 0.1) is 6.92 Å². The van der Waals surface area contributed by atoms with Crippen molar-refractivity contribution in [1.29, 1.82) is 0 Å². The van der Waals surface area contributed by atoms with E-state index in [1.54, 1.807) is 28.8 Å². The zero-order chi connectivity index (χ0) is 14.1. The molecule has 2 amide bonds. The van der Waals surface area contributed by atoms with Crippen LogP contribution in [0.25, 0.3) is 4.96 Å². The average molecular weight is 308 g/mol. The first kappa shape index (κ1) is 12.9. The van der Waals surface area contributed by atoms with Gasteiger partial charge in [-0.15, -0.1) is 16.4 Å². The third-order valence-corrected chi connectivity index (χ3v) is 3.76. The van der Waals surface area contributed by atoms with Crippen molar-refractivity contribution in [2.75, 3.05) is 10.6 Å². The van der Waals surface area contributed by atoms with Crippen LogP contribution in [0.15, 0.2) is 29.6 Å². The molecule has 0 saturated carbocycles. The molecule has 102 valence electrons. The molecule has 20 heavy (non-hydrogen) atoms. The van der Waals surface area contributed by atoms with Gasteiger partial charge in [-0.2, -0.15) is 4.98 Å². The van der Waals surface area contributed by atoms with Gasteiger partial charge in [0.15, 0.2) is 0 Å². The highest BCUT2D eigenvalue weighted by Gasteiger charge is 2.10. The second-order valence-corrected chi connectivity index (χ2v) is 5.37. The monoisotopic (exact) mass is 307 g/mol. The van der Waals surface area contributed by atoms with Crippen LogP contribution in [-0.2, 0) is 0 Å². The van der Waals surface area contributed by atoms with E-state index in [9.17, 15) is 4.79 Å². The molecule has 0 bridgehead atoms. The van der Waals surface area contributed by atoms with Crippen molar-refractivity contribution in [3.8, 4) is 0 Å². The summed E-state index contributed by atoms with van der Waals surface area (Å²) in [4.78, 5) is 16.8. The van der Waals surface area contributed by atoms with Crippen molar-refractivity contribution in [2.24, 2.45) is 0 Å². The minimum atomic E-state index is -0.400. The molecule has 0 radical (unpaired) electrons. The molecule has 2 heterocycles. The number of amides is 2. The van der Waals surface area contributed by atoms with Crippen molar-refractivity contribution < 1.29 is 4.79 Å². The van der Waals surface area contributed by atoms with E-state index in [1.807, 2.05) is 12.3 Å². The van der Waals surface area contributed by atoms with Crippen molar-refractivity contribution in [1.82, 2.24) is 14.6 Å². The van der Waals surface area contributed by atoms with E-state index in [-0.39, 0.29) is 5.95 Å². The van der Waals surface area contributed by atoms with E-state index in [4.69, 9.17) is 11.6 Å². The molecule has 0 aliphatic carbocycles. The molecule has 2 N–H and O–H groups in total. The van der Waals surface area contributed by atoms with Crippen LogP contribution in [0.1, 0.15) is 5.69 Å². The Hall–Kier alpha value is -2.12. The molecule has 1 aromatic carbocycles. The maximum absolute atomic E-state index is 11.8. The zero-order valence-electron chi connectivity index (χ0n) is 10.4. The molecular formula is C12H10ClN5OS. The number of carbonyl (C=O) groups is 1. The minimum absolute atomic E-state index is 0.270. The first-order valence-corrected chi connectivity index (χ1v) is 7.02. The fourth-order valence-electron chi connectivity index (χ4n) is 1.64. The van der Waals surface area contributed by atoms with Gasteiger partial charge in [0.05, 0.1) is 5.69 Å². The van der Waals surface area contributed by atoms with Gasteiger partial charge in [0.1, 0.15) is 0 Å². The number of urea groups is 1. The Morgan fingerprint density at radius 2 is 2.05 bits per heavy atom. The van der Waals surface area contributed by atoms with Gasteiger partial charge in [-0.3, -0.25) is 5.32 Å². The van der Waals surface area contributed by atoms with E-state index in [2.05, 4.69) is 20.7 Å². The van der Waals surface area contributed by atoms with Gasteiger partial charge in [-0.25, -0.2) is 9.31 Å². The highest BCUT2D eigenvalue weighted by molar-refractivity contribution is 7.15. The number of anilines is 2. The molecule has 8 heteroatoms. The van der Waals surface area contributed by atoms with E-state index in [0.29, 0.717) is 10.7 Å². The quantitative estimate of drug-likeness (QED) is 0.762. The van der Waals surface area contributed by atoms with E-state index < -0.39 is 6.03 Å². The standard InChI is InChI=1S/C12H10ClN5OS/c1-7-6-20-12-16-10(17-18(7)12)15-11(19)14-9-4-2-8(13)3-5-9/h2-6H,1H3,(H2,14,15,17,19). The Balaban J connectivity index is 1.70. The number of nitrogens with zero attached hydrogens (tertiary/aromatic N) is 3. The predicted molar refractivity (Wildman–Crippen MR) is 79.7 cm³/mol. The SMILES string of the molecule is Cc1csc2nc(NC(=O)Nc3ccc(Cl)cc3)nn12. The number of benzene rings is 1. The van der Waals surface area contributed by atoms with Crippen LogP contribution >= 0.6 is 22.9 Å². The van der Waals surface area contributed by atoms with E-state index in [0.717, 1.165) is 10.7 Å². The number of halogens is 1. The van der Waals surface area contributed by atoms with E-state index >= 15 is 0 Å². The van der Waals surface area contributed by atoms with Gasteiger partial charge < -0.3 is 5.32 Å². The number of nitrogens with one attached hydrogen (secondary N) is 2. The maximum atomic E-state index is 11.8. The molecule has 0 spiro atoms. The maximum Gasteiger partial charge on any atom is 0.326 e. The number of rotatable bonds is 2. The number of fused-ring (bicyclic) bond motifs is 1. The molecule has 3 aromatic rings. The molecule has 0 atom stereocenters. The third kappa shape index (κ3) is 2.59. The van der Waals surface area contributed by atoms with Gasteiger partial charge >= 0.3 is 6.03 Å². The predicted octanol–water partition coefficient (Wildman–Crippen LogP) is 3.40. The van der Waals surface area contributed by atoms with Gasteiger partial charge in [-0.05, 0) is 31.2 Å². The topological polar surface area (TPSA) is 71.3 Å². The molecule has 2 aromatic heterocycles. The Morgan fingerprint density at radius 3 is 2.75 bits per heavy atom. The largest absolute Gasteiger partial charge is 0.326 e. The van der Waals surface area contributed by atoms with Crippen LogP contribution in [0.2, 0.25) is 5.02 Å². The van der Waals surface area contributed by atoms with Crippen LogP contribution in [0.5, 0.6) is 0 Å². The smallest absolute Gasteiger partial charge is 0.308 e. The summed E-state index contributed by atoms with van der Waals surface area (Å²) in [7, 11) is 0. The molecule has 0 unspecified atom stereocenters. The molecule has 0 aliphatic rings. The highest BCUT2D eigenvalue weighted by atomic mass is 35.5. The Morgan fingerprint density at radius 1 is 1.30 bits per heavy atom. The first-order chi connectivity index (χ1) is 9.61. The summed E-state index contributed by atoms with van der Waals surface area (Å²) in [6, 6.07) is 6.43. The van der Waals surface area contributed by atoms with Gasteiger partial charge in [0, 0.05) is 16.1 Å². The zero-order valence-corrected chi connectivity index (χ0v) is 12.0. The highest BCUT2D eigenvalue weighted by Crippen LogP contribution is 2.16. The number of carbonyl (C=O) groups excluding carboxylic acids is 1. The normalized spacial score (nSPS) is 10.7. The Bertz CT molecular complexity index is 764. The van der Waals surface area contributed by atoms with Crippen LogP contribution in [0.3, 0.4) is 0 Å². The summed E-state index contributed by atoms with van der Waals surface area (Å²) in [6.07, 6.45) is 0. The summed E-state index contributed by atoms with van der Waals surface area (Å²) >= 11 is 7.25. The van der Waals surface area contributed by atoms with Crippen molar-refractivity contribution in [3.05, 3.63) is 40.4 Å². The number of hydrogen-bond donors (Lipinski definition) is 2. The summed E-state index contributed by atoms with van der Waals surface area (Å²) in [5, 5.41) is 12.0. The molecule has 3 rings (SSSR count). The fraction of sp³-hybridized carbons (Fsp3) is 0.0833. The van der Waals surface area contributed by atoms with Crippen LogP contribution in [-0.4, -0.2) is 20.6 Å². The van der Waals surface area contributed by atoms with Gasteiger partial charge in [-0.1, -0.05) is 11.6 Å². The summed E-state index contributed by atoms with van der Waals surface area (Å²) in [5.74, 6) is 0.270. The minimum Gasteiger partial charge on any atom is -0.308 e. The second kappa shape index (κ2) is 5.10. The molecule has 0 aliphatic heterocycles. The number of thiazole rings is 1. The Labute approximate surface area is 123 Å². The average Bonchev–Trinajstić information content (AvgIpc) is 2.95. The number of hydrogen-bond acceptors (Lipinski definition) is 4. The summed E-state index contributed by atoms with van der Waals surface area (Å²) in [6.45, 7) is 1.93. The number of aryl methyl sites for hydroxylation is 1. The molecule has 6 nitrogen and oxygen atoms in total. The van der Waals surface area contributed by atoms with Crippen molar-refractivity contribution in [2.45, 2.75) is 6.92 Å². The van der Waals surface area contributed by atoms with Crippen molar-refractivity contribution >= 4 is 45.6 Å². The van der Waals surface area contributed by atoms with Crippen molar-refractivity contribution in [3.63, 3.8) is 0 Å². The lowest BCUT2D eigenvalue weighted by atomic mass is 10.3.